The number of aromatic amines is 1. The first-order chi connectivity index (χ1) is 9.27. The summed E-state index contributed by atoms with van der Waals surface area (Å²) in [6.45, 7) is 0. The summed E-state index contributed by atoms with van der Waals surface area (Å²) in [5.74, 6) is 0.465. The maximum absolute atomic E-state index is 5.99. The number of nitrogens with one attached hydrogen (secondary N) is 1. The Morgan fingerprint density at radius 1 is 1.05 bits per heavy atom. The number of pyridine rings is 1. The lowest BCUT2D eigenvalue weighted by Crippen LogP contribution is -1.90. The Morgan fingerprint density at radius 3 is 2.58 bits per heavy atom. The second kappa shape index (κ2) is 4.85. The summed E-state index contributed by atoms with van der Waals surface area (Å²) in [5, 5.41) is 7.06. The van der Waals surface area contributed by atoms with Crippen LogP contribution in [-0.2, 0) is 0 Å². The standard InChI is InChI=1S/C14H11BrN4/c15-10-6-2-1-5-9(10)12-13(18-19-14(12)16)11-7-3-4-8-17-11/h1-8H,(H3,16,18,19). The molecule has 2 aromatic heterocycles. The molecule has 19 heavy (non-hydrogen) atoms. The van der Waals surface area contributed by atoms with Crippen LogP contribution in [0.25, 0.3) is 22.5 Å². The van der Waals surface area contributed by atoms with Crippen molar-refractivity contribution in [3.8, 4) is 22.5 Å². The van der Waals surface area contributed by atoms with Gasteiger partial charge in [0.05, 0.1) is 17.0 Å². The average Bonchev–Trinajstić information content (AvgIpc) is 2.82. The lowest BCUT2D eigenvalue weighted by molar-refractivity contribution is 1.09. The molecule has 0 aliphatic rings. The largest absolute Gasteiger partial charge is 0.382 e. The van der Waals surface area contributed by atoms with Gasteiger partial charge >= 0.3 is 0 Å². The quantitative estimate of drug-likeness (QED) is 0.761. The van der Waals surface area contributed by atoms with E-state index in [9.17, 15) is 0 Å². The van der Waals surface area contributed by atoms with E-state index in [-0.39, 0.29) is 0 Å². The molecule has 2 heterocycles. The molecule has 0 amide bonds. The van der Waals surface area contributed by atoms with Gasteiger partial charge in [-0.3, -0.25) is 10.1 Å². The van der Waals surface area contributed by atoms with Crippen LogP contribution in [0.1, 0.15) is 0 Å². The van der Waals surface area contributed by atoms with Gasteiger partial charge in [-0.1, -0.05) is 40.2 Å². The van der Waals surface area contributed by atoms with Crippen LogP contribution in [0, 0.1) is 0 Å². The average molecular weight is 315 g/mol. The fraction of sp³-hybridized carbons (Fsp3) is 0. The lowest BCUT2D eigenvalue weighted by Gasteiger charge is -2.06. The Bertz CT molecular complexity index is 706. The summed E-state index contributed by atoms with van der Waals surface area (Å²) >= 11 is 3.54. The van der Waals surface area contributed by atoms with E-state index in [1.54, 1.807) is 6.20 Å². The molecule has 0 atom stereocenters. The van der Waals surface area contributed by atoms with Crippen molar-refractivity contribution in [3.05, 3.63) is 53.1 Å². The Morgan fingerprint density at radius 2 is 1.84 bits per heavy atom. The number of nitrogens with zero attached hydrogens (tertiary/aromatic N) is 2. The number of hydrogen-bond donors (Lipinski definition) is 2. The molecule has 3 N–H and O–H groups in total. The van der Waals surface area contributed by atoms with Gasteiger partial charge in [0.15, 0.2) is 5.82 Å². The van der Waals surface area contributed by atoms with Gasteiger partial charge in [-0.15, -0.1) is 0 Å². The van der Waals surface area contributed by atoms with E-state index in [1.807, 2.05) is 42.5 Å². The highest BCUT2D eigenvalue weighted by atomic mass is 79.9. The zero-order valence-corrected chi connectivity index (χ0v) is 11.6. The number of rotatable bonds is 2. The molecule has 5 heteroatoms. The molecule has 0 aliphatic carbocycles. The van der Waals surface area contributed by atoms with Crippen molar-refractivity contribution in [1.29, 1.82) is 0 Å². The smallest absolute Gasteiger partial charge is 0.153 e. The van der Waals surface area contributed by atoms with Gasteiger partial charge in [0.25, 0.3) is 0 Å². The van der Waals surface area contributed by atoms with Crippen molar-refractivity contribution in [2.45, 2.75) is 0 Å². The van der Waals surface area contributed by atoms with Crippen LogP contribution in [-0.4, -0.2) is 15.2 Å². The van der Waals surface area contributed by atoms with Crippen LogP contribution in [0.15, 0.2) is 53.1 Å². The summed E-state index contributed by atoms with van der Waals surface area (Å²) in [6, 6.07) is 13.6. The second-order valence-corrected chi connectivity index (χ2v) is 4.91. The number of nitrogen functional groups attached to an aromatic ring is 1. The van der Waals surface area contributed by atoms with Gasteiger partial charge in [-0.25, -0.2) is 0 Å². The first kappa shape index (κ1) is 11.9. The molecule has 0 fully saturated rings. The van der Waals surface area contributed by atoms with Gasteiger partial charge in [0.1, 0.15) is 0 Å². The number of hydrogen-bond acceptors (Lipinski definition) is 3. The molecule has 0 spiro atoms. The van der Waals surface area contributed by atoms with Crippen LogP contribution < -0.4 is 5.73 Å². The Hall–Kier alpha value is -2.14. The third-order valence-corrected chi connectivity index (χ3v) is 3.55. The fourth-order valence-corrected chi connectivity index (χ4v) is 2.47. The van der Waals surface area contributed by atoms with Crippen molar-refractivity contribution in [2.75, 3.05) is 5.73 Å². The molecule has 94 valence electrons. The Kier molecular flexibility index (Phi) is 3.05. The summed E-state index contributed by atoms with van der Waals surface area (Å²) in [4.78, 5) is 4.34. The van der Waals surface area contributed by atoms with Gasteiger partial charge < -0.3 is 5.73 Å². The van der Waals surface area contributed by atoms with E-state index >= 15 is 0 Å². The van der Waals surface area contributed by atoms with Crippen LogP contribution in [0.2, 0.25) is 0 Å². The summed E-state index contributed by atoms with van der Waals surface area (Å²) in [6.07, 6.45) is 1.75. The maximum Gasteiger partial charge on any atom is 0.153 e. The van der Waals surface area contributed by atoms with Crippen molar-refractivity contribution in [1.82, 2.24) is 15.2 Å². The molecule has 0 saturated heterocycles. The normalized spacial score (nSPS) is 10.6. The van der Waals surface area contributed by atoms with Crippen molar-refractivity contribution in [2.24, 2.45) is 0 Å². The van der Waals surface area contributed by atoms with E-state index in [2.05, 4.69) is 31.1 Å². The van der Waals surface area contributed by atoms with E-state index in [0.717, 1.165) is 27.0 Å². The summed E-state index contributed by atoms with van der Waals surface area (Å²) in [7, 11) is 0. The Labute approximate surface area is 118 Å². The molecule has 3 rings (SSSR count). The van der Waals surface area contributed by atoms with Crippen LogP contribution in [0.4, 0.5) is 5.82 Å². The molecule has 3 aromatic rings. The zero-order chi connectivity index (χ0) is 13.2. The van der Waals surface area contributed by atoms with Crippen molar-refractivity contribution < 1.29 is 0 Å². The van der Waals surface area contributed by atoms with E-state index in [0.29, 0.717) is 5.82 Å². The lowest BCUT2D eigenvalue weighted by atomic mass is 10.0. The van der Waals surface area contributed by atoms with Gasteiger partial charge in [0.2, 0.25) is 0 Å². The highest BCUT2D eigenvalue weighted by molar-refractivity contribution is 9.10. The van der Waals surface area contributed by atoms with Gasteiger partial charge in [-0.05, 0) is 18.2 Å². The number of H-pyrrole nitrogens is 1. The van der Waals surface area contributed by atoms with E-state index < -0.39 is 0 Å². The van der Waals surface area contributed by atoms with E-state index in [1.165, 1.54) is 0 Å². The fourth-order valence-electron chi connectivity index (χ4n) is 1.99. The third kappa shape index (κ3) is 2.13. The Balaban J connectivity index is 2.23. The molecule has 0 saturated carbocycles. The maximum atomic E-state index is 5.99. The molecule has 4 nitrogen and oxygen atoms in total. The van der Waals surface area contributed by atoms with Gasteiger partial charge in [0, 0.05) is 16.2 Å². The predicted molar refractivity (Wildman–Crippen MR) is 79.4 cm³/mol. The van der Waals surface area contributed by atoms with E-state index in [4.69, 9.17) is 5.73 Å². The first-order valence-corrected chi connectivity index (χ1v) is 6.57. The number of nitrogens with two attached hydrogens (primary N) is 1. The van der Waals surface area contributed by atoms with Crippen molar-refractivity contribution in [3.63, 3.8) is 0 Å². The molecule has 0 unspecified atom stereocenters. The minimum absolute atomic E-state index is 0.465. The molecular weight excluding hydrogens is 304 g/mol. The molecule has 0 bridgehead atoms. The molecular formula is C14H11BrN4. The molecule has 0 radical (unpaired) electrons. The van der Waals surface area contributed by atoms with Crippen LogP contribution in [0.5, 0.6) is 0 Å². The first-order valence-electron chi connectivity index (χ1n) is 5.77. The minimum atomic E-state index is 0.465. The van der Waals surface area contributed by atoms with Gasteiger partial charge in [-0.2, -0.15) is 5.10 Å². The second-order valence-electron chi connectivity index (χ2n) is 4.05. The predicted octanol–water partition coefficient (Wildman–Crippen LogP) is 3.48. The highest BCUT2D eigenvalue weighted by Crippen LogP contribution is 2.37. The zero-order valence-electron chi connectivity index (χ0n) is 9.97. The summed E-state index contributed by atoms with van der Waals surface area (Å²) < 4.78 is 0.972. The SMILES string of the molecule is Nc1n[nH]c(-c2ccccn2)c1-c1ccccc1Br. The molecule has 0 aliphatic heterocycles. The third-order valence-electron chi connectivity index (χ3n) is 2.86. The number of halogens is 1. The number of anilines is 1. The highest BCUT2D eigenvalue weighted by Gasteiger charge is 2.17. The van der Waals surface area contributed by atoms with Crippen molar-refractivity contribution >= 4 is 21.7 Å². The van der Waals surface area contributed by atoms with Crippen LogP contribution >= 0.6 is 15.9 Å². The summed E-state index contributed by atoms with van der Waals surface area (Å²) in [5.41, 5.74) is 9.49. The monoisotopic (exact) mass is 314 g/mol. The molecule has 1 aromatic carbocycles. The number of benzene rings is 1. The number of aromatic nitrogens is 3. The topological polar surface area (TPSA) is 67.6 Å². The van der Waals surface area contributed by atoms with Crippen LogP contribution in [0.3, 0.4) is 0 Å². The minimum Gasteiger partial charge on any atom is -0.382 e.